The molecule has 0 radical (unpaired) electrons. The number of thiophene rings is 1. The number of carbonyl (C=O) groups excluding carboxylic acids is 2. The first kappa shape index (κ1) is 26.9. The van der Waals surface area contributed by atoms with Crippen LogP contribution in [-0.4, -0.2) is 47.4 Å². The molecule has 0 N–H and O–H groups in total. The van der Waals surface area contributed by atoms with Crippen molar-refractivity contribution in [2.45, 2.75) is 65.0 Å². The molecule has 0 bridgehead atoms. The summed E-state index contributed by atoms with van der Waals surface area (Å²) in [6, 6.07) is 19.9. The predicted molar refractivity (Wildman–Crippen MR) is 150 cm³/mol. The topological polar surface area (TPSA) is 49.9 Å². The standard InChI is InChI=1S/C31H38N2O3S/c1-5-23(4)33(30(34)19-24-9-7-6-8-10-24)20-31(35)32-17-15-29-27(16-18-37-29)28(32)21-36-26-13-11-25(12-14-26)22(2)3/h6-14,16,18,22-23,28H,5,15,17,19-21H2,1-4H3/t23-,28+/m0/s1. The third-order valence-corrected chi connectivity index (χ3v) is 8.31. The van der Waals surface area contributed by atoms with Gasteiger partial charge in [0.1, 0.15) is 18.9 Å². The number of rotatable bonds is 10. The van der Waals surface area contributed by atoms with E-state index in [1.165, 1.54) is 10.4 Å². The fourth-order valence-corrected chi connectivity index (χ4v) is 5.75. The van der Waals surface area contributed by atoms with Crippen LogP contribution in [0, 0.1) is 0 Å². The maximum atomic E-state index is 13.7. The Morgan fingerprint density at radius 2 is 1.78 bits per heavy atom. The van der Waals surface area contributed by atoms with E-state index in [2.05, 4.69) is 44.4 Å². The van der Waals surface area contributed by atoms with Gasteiger partial charge in [-0.25, -0.2) is 0 Å². The molecule has 2 aromatic carbocycles. The van der Waals surface area contributed by atoms with Gasteiger partial charge < -0.3 is 14.5 Å². The predicted octanol–water partition coefficient (Wildman–Crippen LogP) is 6.25. The summed E-state index contributed by atoms with van der Waals surface area (Å²) in [7, 11) is 0. The van der Waals surface area contributed by atoms with E-state index in [1.807, 2.05) is 54.3 Å². The number of nitrogens with zero attached hydrogens (tertiary/aromatic N) is 2. The van der Waals surface area contributed by atoms with Crippen molar-refractivity contribution < 1.29 is 14.3 Å². The number of amides is 2. The molecular weight excluding hydrogens is 480 g/mol. The first-order valence-corrected chi connectivity index (χ1v) is 14.2. The lowest BCUT2D eigenvalue weighted by molar-refractivity contribution is -0.144. The van der Waals surface area contributed by atoms with Crippen LogP contribution in [0.5, 0.6) is 5.75 Å². The summed E-state index contributed by atoms with van der Waals surface area (Å²) < 4.78 is 6.22. The summed E-state index contributed by atoms with van der Waals surface area (Å²) in [4.78, 5) is 32.0. The molecule has 3 aromatic rings. The van der Waals surface area contributed by atoms with Crippen LogP contribution >= 0.6 is 11.3 Å². The smallest absolute Gasteiger partial charge is 0.242 e. The second-order valence-electron chi connectivity index (χ2n) is 10.1. The summed E-state index contributed by atoms with van der Waals surface area (Å²) in [5, 5.41) is 2.10. The largest absolute Gasteiger partial charge is 0.491 e. The fourth-order valence-electron chi connectivity index (χ4n) is 4.82. The molecule has 37 heavy (non-hydrogen) atoms. The van der Waals surface area contributed by atoms with Crippen LogP contribution in [0.1, 0.15) is 67.6 Å². The highest BCUT2D eigenvalue weighted by Crippen LogP contribution is 2.34. The van der Waals surface area contributed by atoms with Crippen molar-refractivity contribution in [1.29, 1.82) is 0 Å². The maximum absolute atomic E-state index is 13.7. The average Bonchev–Trinajstić information content (AvgIpc) is 3.39. The van der Waals surface area contributed by atoms with Gasteiger partial charge in [-0.1, -0.05) is 63.2 Å². The molecule has 1 aliphatic rings. The number of fused-ring (bicyclic) bond motifs is 1. The molecule has 5 nitrogen and oxygen atoms in total. The molecule has 0 spiro atoms. The van der Waals surface area contributed by atoms with E-state index < -0.39 is 0 Å². The molecule has 2 amide bonds. The van der Waals surface area contributed by atoms with Crippen LogP contribution in [0.15, 0.2) is 66.0 Å². The molecule has 2 heterocycles. The van der Waals surface area contributed by atoms with Gasteiger partial charge in [-0.15, -0.1) is 11.3 Å². The quantitative estimate of drug-likeness (QED) is 0.319. The minimum Gasteiger partial charge on any atom is -0.491 e. The van der Waals surface area contributed by atoms with E-state index in [0.29, 0.717) is 25.5 Å². The van der Waals surface area contributed by atoms with E-state index >= 15 is 0 Å². The van der Waals surface area contributed by atoms with Crippen molar-refractivity contribution in [2.24, 2.45) is 0 Å². The number of carbonyl (C=O) groups is 2. The monoisotopic (exact) mass is 518 g/mol. The van der Waals surface area contributed by atoms with E-state index in [-0.39, 0.29) is 30.4 Å². The zero-order chi connectivity index (χ0) is 26.4. The van der Waals surface area contributed by atoms with Gasteiger partial charge >= 0.3 is 0 Å². The second kappa shape index (κ2) is 12.4. The van der Waals surface area contributed by atoms with Crippen molar-refractivity contribution >= 4 is 23.2 Å². The van der Waals surface area contributed by atoms with E-state index in [0.717, 1.165) is 29.7 Å². The first-order valence-electron chi connectivity index (χ1n) is 13.3. The van der Waals surface area contributed by atoms with Crippen LogP contribution < -0.4 is 4.74 Å². The normalized spacial score (nSPS) is 15.8. The highest BCUT2D eigenvalue weighted by atomic mass is 32.1. The van der Waals surface area contributed by atoms with Gasteiger partial charge in [0.25, 0.3) is 0 Å². The zero-order valence-corrected chi connectivity index (χ0v) is 23.2. The molecule has 1 aromatic heterocycles. The van der Waals surface area contributed by atoms with Gasteiger partial charge in [0.2, 0.25) is 11.8 Å². The molecule has 6 heteroatoms. The molecular formula is C31H38N2O3S. The number of hydrogen-bond acceptors (Lipinski definition) is 4. The Balaban J connectivity index is 1.49. The number of hydrogen-bond donors (Lipinski definition) is 0. The molecule has 4 rings (SSSR count). The van der Waals surface area contributed by atoms with E-state index in [4.69, 9.17) is 4.74 Å². The number of benzene rings is 2. The summed E-state index contributed by atoms with van der Waals surface area (Å²) in [5.74, 6) is 1.23. The number of ether oxygens (including phenoxy) is 1. The maximum Gasteiger partial charge on any atom is 0.242 e. The van der Waals surface area contributed by atoms with Crippen molar-refractivity contribution in [3.05, 3.63) is 87.6 Å². The van der Waals surface area contributed by atoms with Crippen molar-refractivity contribution in [3.8, 4) is 5.75 Å². The molecule has 0 unspecified atom stereocenters. The van der Waals surface area contributed by atoms with Crippen molar-refractivity contribution in [2.75, 3.05) is 19.7 Å². The molecule has 0 fully saturated rings. The third-order valence-electron chi connectivity index (χ3n) is 7.32. The first-order chi connectivity index (χ1) is 17.9. The van der Waals surface area contributed by atoms with E-state index in [9.17, 15) is 9.59 Å². The van der Waals surface area contributed by atoms with Crippen LogP contribution in [0.4, 0.5) is 0 Å². The van der Waals surface area contributed by atoms with Gasteiger partial charge in [0.15, 0.2) is 0 Å². The average molecular weight is 519 g/mol. The molecule has 2 atom stereocenters. The van der Waals surface area contributed by atoms with Crippen LogP contribution in [0.2, 0.25) is 0 Å². The fraction of sp³-hybridized carbons (Fsp3) is 0.419. The second-order valence-corrected chi connectivity index (χ2v) is 11.1. The minimum absolute atomic E-state index is 0.0137. The minimum atomic E-state index is -0.171. The lowest BCUT2D eigenvalue weighted by atomic mass is 10.00. The van der Waals surface area contributed by atoms with Crippen LogP contribution in [-0.2, 0) is 22.4 Å². The molecule has 0 saturated carbocycles. The Labute approximate surface area is 225 Å². The Hall–Kier alpha value is -3.12. The lowest BCUT2D eigenvalue weighted by Crippen LogP contribution is -2.50. The van der Waals surface area contributed by atoms with Crippen LogP contribution in [0.25, 0.3) is 0 Å². The Kier molecular flexibility index (Phi) is 9.04. The molecule has 0 saturated heterocycles. The molecule has 0 aliphatic carbocycles. The summed E-state index contributed by atoms with van der Waals surface area (Å²) in [5.41, 5.74) is 3.39. The van der Waals surface area contributed by atoms with Gasteiger partial charge in [0, 0.05) is 17.5 Å². The SMILES string of the molecule is CC[C@H](C)N(CC(=O)N1CCc2sccc2[C@H]1COc1ccc(C(C)C)cc1)C(=O)Cc1ccccc1. The molecule has 196 valence electrons. The Morgan fingerprint density at radius 3 is 2.46 bits per heavy atom. The zero-order valence-electron chi connectivity index (χ0n) is 22.4. The van der Waals surface area contributed by atoms with E-state index in [1.54, 1.807) is 16.2 Å². The third kappa shape index (κ3) is 6.61. The Morgan fingerprint density at radius 1 is 1.05 bits per heavy atom. The van der Waals surface area contributed by atoms with Crippen molar-refractivity contribution in [3.63, 3.8) is 0 Å². The summed E-state index contributed by atoms with van der Waals surface area (Å²) in [6.45, 7) is 9.52. The molecule has 1 aliphatic heterocycles. The van der Waals surface area contributed by atoms with Gasteiger partial charge in [-0.2, -0.15) is 0 Å². The summed E-state index contributed by atoms with van der Waals surface area (Å²) >= 11 is 1.74. The highest BCUT2D eigenvalue weighted by Gasteiger charge is 2.34. The Bertz CT molecular complexity index is 1170. The van der Waals surface area contributed by atoms with Crippen molar-refractivity contribution in [1.82, 2.24) is 9.80 Å². The summed E-state index contributed by atoms with van der Waals surface area (Å²) in [6.07, 6.45) is 1.92. The van der Waals surface area contributed by atoms with Gasteiger partial charge in [-0.3, -0.25) is 9.59 Å². The highest BCUT2D eigenvalue weighted by molar-refractivity contribution is 7.10. The van der Waals surface area contributed by atoms with Gasteiger partial charge in [0.05, 0.1) is 12.5 Å². The van der Waals surface area contributed by atoms with Gasteiger partial charge in [-0.05, 0) is 66.0 Å². The van der Waals surface area contributed by atoms with Crippen LogP contribution in [0.3, 0.4) is 0 Å². The lowest BCUT2D eigenvalue weighted by Gasteiger charge is -2.38.